The summed E-state index contributed by atoms with van der Waals surface area (Å²) in [6.45, 7) is 9.73. The molecule has 0 spiro atoms. The Morgan fingerprint density at radius 2 is 1.69 bits per heavy atom. The fraction of sp³-hybridized carbons (Fsp3) is 1.00. The van der Waals surface area contributed by atoms with Gasteiger partial charge in [0.1, 0.15) is 0 Å². The number of hydrogen-bond acceptors (Lipinski definition) is 1. The maximum atomic E-state index is 3.96. The van der Waals surface area contributed by atoms with Crippen molar-refractivity contribution in [2.45, 2.75) is 84.7 Å². The van der Waals surface area contributed by atoms with E-state index in [1.165, 1.54) is 44.9 Å². The van der Waals surface area contributed by atoms with Gasteiger partial charge in [-0.05, 0) is 42.9 Å². The summed E-state index contributed by atoms with van der Waals surface area (Å²) in [7, 11) is 0. The molecule has 2 saturated carbocycles. The van der Waals surface area contributed by atoms with Crippen molar-refractivity contribution < 1.29 is 0 Å². The van der Waals surface area contributed by atoms with Gasteiger partial charge in [0.05, 0.1) is 0 Å². The highest BCUT2D eigenvalue weighted by molar-refractivity contribution is 4.93. The summed E-state index contributed by atoms with van der Waals surface area (Å²) < 4.78 is 0. The Balaban J connectivity index is 1.89. The smallest absolute Gasteiger partial charge is 0.0121 e. The van der Waals surface area contributed by atoms with Crippen LogP contribution in [0.1, 0.15) is 72.6 Å². The molecule has 2 fully saturated rings. The highest BCUT2D eigenvalue weighted by atomic mass is 15.0. The lowest BCUT2D eigenvalue weighted by Crippen LogP contribution is -2.48. The van der Waals surface area contributed by atoms with Gasteiger partial charge in [-0.3, -0.25) is 0 Å². The molecule has 2 unspecified atom stereocenters. The monoisotopic (exact) mass is 223 g/mol. The summed E-state index contributed by atoms with van der Waals surface area (Å²) in [5, 5.41) is 3.96. The quantitative estimate of drug-likeness (QED) is 0.742. The molecule has 0 heterocycles. The first-order valence-electron chi connectivity index (χ1n) is 7.15. The Morgan fingerprint density at radius 3 is 2.25 bits per heavy atom. The van der Waals surface area contributed by atoms with Crippen molar-refractivity contribution in [3.8, 4) is 0 Å². The molecular weight excluding hydrogens is 194 g/mol. The Morgan fingerprint density at radius 1 is 0.938 bits per heavy atom. The third-order valence-electron chi connectivity index (χ3n) is 4.91. The van der Waals surface area contributed by atoms with Gasteiger partial charge < -0.3 is 5.32 Å². The second kappa shape index (κ2) is 4.33. The van der Waals surface area contributed by atoms with E-state index in [9.17, 15) is 0 Å². The molecule has 16 heavy (non-hydrogen) atoms. The van der Waals surface area contributed by atoms with Gasteiger partial charge in [0.15, 0.2) is 0 Å². The van der Waals surface area contributed by atoms with Gasteiger partial charge in [0.2, 0.25) is 0 Å². The summed E-state index contributed by atoms with van der Waals surface area (Å²) in [6.07, 6.45) is 9.82. The van der Waals surface area contributed by atoms with Crippen LogP contribution in [0.4, 0.5) is 0 Å². The van der Waals surface area contributed by atoms with Crippen molar-refractivity contribution in [3.63, 3.8) is 0 Å². The van der Waals surface area contributed by atoms with Crippen molar-refractivity contribution >= 4 is 0 Å². The second-order valence-electron chi connectivity index (χ2n) is 7.56. The largest absolute Gasteiger partial charge is 0.311 e. The Hall–Kier alpha value is -0.0400. The summed E-state index contributed by atoms with van der Waals surface area (Å²) in [6, 6.07) is 1.55. The molecule has 1 N–H and O–H groups in total. The molecule has 2 rings (SSSR count). The SMILES string of the molecule is CC1(C)CCC(NC2CCCCC2(C)C)C1. The van der Waals surface area contributed by atoms with E-state index in [1.54, 1.807) is 0 Å². The van der Waals surface area contributed by atoms with Crippen LogP contribution in [0.2, 0.25) is 0 Å². The van der Waals surface area contributed by atoms with Gasteiger partial charge in [0, 0.05) is 12.1 Å². The van der Waals surface area contributed by atoms with Crippen LogP contribution in [0, 0.1) is 10.8 Å². The Labute approximate surface area is 101 Å². The first-order chi connectivity index (χ1) is 7.39. The summed E-state index contributed by atoms with van der Waals surface area (Å²) in [5.41, 5.74) is 1.10. The highest BCUT2D eigenvalue weighted by Crippen LogP contribution is 2.40. The molecule has 0 aliphatic heterocycles. The molecule has 0 aromatic carbocycles. The van der Waals surface area contributed by atoms with Gasteiger partial charge >= 0.3 is 0 Å². The van der Waals surface area contributed by atoms with Crippen LogP contribution < -0.4 is 5.32 Å². The molecule has 2 aliphatic rings. The van der Waals surface area contributed by atoms with E-state index in [2.05, 4.69) is 33.0 Å². The van der Waals surface area contributed by atoms with Gasteiger partial charge in [-0.2, -0.15) is 0 Å². The van der Waals surface area contributed by atoms with Gasteiger partial charge in [-0.15, -0.1) is 0 Å². The lowest BCUT2D eigenvalue weighted by Gasteiger charge is -2.41. The molecule has 1 heteroatoms. The normalized spacial score (nSPS) is 37.5. The van der Waals surface area contributed by atoms with Crippen LogP contribution in [0.3, 0.4) is 0 Å². The van der Waals surface area contributed by atoms with E-state index in [-0.39, 0.29) is 0 Å². The molecule has 0 saturated heterocycles. The van der Waals surface area contributed by atoms with Gasteiger partial charge in [-0.25, -0.2) is 0 Å². The first kappa shape index (κ1) is 12.4. The summed E-state index contributed by atoms with van der Waals surface area (Å²) in [4.78, 5) is 0. The minimum Gasteiger partial charge on any atom is -0.311 e. The number of hydrogen-bond donors (Lipinski definition) is 1. The third-order valence-corrected chi connectivity index (χ3v) is 4.91. The zero-order valence-corrected chi connectivity index (χ0v) is 11.6. The fourth-order valence-electron chi connectivity index (χ4n) is 3.67. The van der Waals surface area contributed by atoms with Crippen LogP contribution in [-0.2, 0) is 0 Å². The van der Waals surface area contributed by atoms with E-state index in [0.717, 1.165) is 12.1 Å². The third kappa shape index (κ3) is 2.80. The summed E-state index contributed by atoms with van der Waals surface area (Å²) in [5.74, 6) is 0. The molecule has 2 atom stereocenters. The predicted octanol–water partition coefficient (Wildman–Crippen LogP) is 4.12. The maximum Gasteiger partial charge on any atom is 0.0121 e. The van der Waals surface area contributed by atoms with Gasteiger partial charge in [0.25, 0.3) is 0 Å². The Kier molecular flexibility index (Phi) is 3.36. The molecular formula is C15H29N. The number of nitrogens with one attached hydrogen (secondary N) is 1. The molecule has 1 nitrogen and oxygen atoms in total. The minimum atomic E-state index is 0.519. The van der Waals surface area contributed by atoms with Crippen molar-refractivity contribution in [2.75, 3.05) is 0 Å². The van der Waals surface area contributed by atoms with Crippen molar-refractivity contribution in [3.05, 3.63) is 0 Å². The van der Waals surface area contributed by atoms with Crippen LogP contribution in [0.5, 0.6) is 0 Å². The zero-order valence-electron chi connectivity index (χ0n) is 11.6. The molecule has 0 aromatic rings. The van der Waals surface area contributed by atoms with E-state index in [1.807, 2.05) is 0 Å². The first-order valence-corrected chi connectivity index (χ1v) is 7.15. The molecule has 0 radical (unpaired) electrons. The van der Waals surface area contributed by atoms with Crippen LogP contribution in [-0.4, -0.2) is 12.1 Å². The lowest BCUT2D eigenvalue weighted by molar-refractivity contribution is 0.153. The van der Waals surface area contributed by atoms with Crippen LogP contribution in [0.25, 0.3) is 0 Å². The van der Waals surface area contributed by atoms with Crippen molar-refractivity contribution in [1.29, 1.82) is 0 Å². The van der Waals surface area contributed by atoms with E-state index >= 15 is 0 Å². The molecule has 94 valence electrons. The average molecular weight is 223 g/mol. The Bertz CT molecular complexity index is 242. The van der Waals surface area contributed by atoms with Crippen LogP contribution in [0.15, 0.2) is 0 Å². The summed E-state index contributed by atoms with van der Waals surface area (Å²) >= 11 is 0. The van der Waals surface area contributed by atoms with Crippen LogP contribution >= 0.6 is 0 Å². The molecule has 2 aliphatic carbocycles. The molecule has 0 aromatic heterocycles. The fourth-order valence-corrected chi connectivity index (χ4v) is 3.67. The second-order valence-corrected chi connectivity index (χ2v) is 7.56. The molecule has 0 bridgehead atoms. The van der Waals surface area contributed by atoms with Crippen molar-refractivity contribution in [2.24, 2.45) is 10.8 Å². The van der Waals surface area contributed by atoms with Crippen molar-refractivity contribution in [1.82, 2.24) is 5.32 Å². The number of rotatable bonds is 2. The van der Waals surface area contributed by atoms with E-state index < -0.39 is 0 Å². The average Bonchev–Trinajstić information content (AvgIpc) is 2.49. The predicted molar refractivity (Wildman–Crippen MR) is 70.6 cm³/mol. The minimum absolute atomic E-state index is 0.519. The van der Waals surface area contributed by atoms with E-state index in [0.29, 0.717) is 10.8 Å². The van der Waals surface area contributed by atoms with E-state index in [4.69, 9.17) is 0 Å². The molecule has 0 amide bonds. The van der Waals surface area contributed by atoms with Gasteiger partial charge in [-0.1, -0.05) is 40.5 Å². The maximum absolute atomic E-state index is 3.96. The zero-order chi connectivity index (χ0) is 11.8. The lowest BCUT2D eigenvalue weighted by atomic mass is 9.73. The topological polar surface area (TPSA) is 12.0 Å². The highest BCUT2D eigenvalue weighted by Gasteiger charge is 2.37. The standard InChI is InChI=1S/C15H29N/c1-14(2)10-8-12(11-14)16-13-7-5-6-9-15(13,3)4/h12-13,16H,5-11H2,1-4H3.